The number of benzene rings is 1. The van der Waals surface area contributed by atoms with E-state index in [-0.39, 0.29) is 6.54 Å². The molecule has 1 unspecified atom stereocenters. The second-order valence-corrected chi connectivity index (χ2v) is 4.39. The van der Waals surface area contributed by atoms with E-state index < -0.39 is 46.7 Å². The molecule has 0 spiro atoms. The van der Waals surface area contributed by atoms with Crippen molar-refractivity contribution >= 4 is 11.6 Å². The maximum absolute atomic E-state index is 13.7. The molecule has 1 amide bonds. The first kappa shape index (κ1) is 14.7. The fraction of sp³-hybridized carbons (Fsp3) is 0.417. The van der Waals surface area contributed by atoms with Crippen molar-refractivity contribution in [1.82, 2.24) is 5.32 Å². The van der Waals surface area contributed by atoms with Crippen molar-refractivity contribution in [3.8, 4) is 0 Å². The second kappa shape index (κ2) is 5.35. The van der Waals surface area contributed by atoms with Crippen molar-refractivity contribution < 1.29 is 26.7 Å². The van der Waals surface area contributed by atoms with Gasteiger partial charge >= 0.3 is 0 Å². The summed E-state index contributed by atoms with van der Waals surface area (Å²) in [7, 11) is 1.48. The Morgan fingerprint density at radius 1 is 1.00 bits per heavy atom. The van der Waals surface area contributed by atoms with Gasteiger partial charge in [-0.25, -0.2) is 22.0 Å². The molecule has 1 aliphatic heterocycles. The highest BCUT2D eigenvalue weighted by molar-refractivity contribution is 5.98. The molecule has 1 aromatic carbocycles. The number of rotatable bonds is 2. The number of likely N-dealkylation sites (N-methyl/N-ethyl adjacent to an activating group) is 1. The average molecular weight is 294 g/mol. The van der Waals surface area contributed by atoms with Gasteiger partial charge in [-0.15, -0.1) is 0 Å². The standard InChI is InChI=1S/C12H11F5N2O/c1-18-5-3-2-4-19(12(5)20)11-9(16)7(14)6(13)8(15)10(11)17/h5,18H,2-4H2,1H3. The number of hydrogen-bond donors (Lipinski definition) is 1. The molecule has 0 aromatic heterocycles. The van der Waals surface area contributed by atoms with Crippen LogP contribution in [0.1, 0.15) is 12.8 Å². The Kier molecular flexibility index (Phi) is 3.94. The molecule has 0 radical (unpaired) electrons. The molecule has 0 bridgehead atoms. The monoisotopic (exact) mass is 294 g/mol. The maximum Gasteiger partial charge on any atom is 0.244 e. The van der Waals surface area contributed by atoms with Gasteiger partial charge in [0.15, 0.2) is 23.3 Å². The van der Waals surface area contributed by atoms with Gasteiger partial charge in [0.2, 0.25) is 11.7 Å². The molecular formula is C12H11F5N2O. The Morgan fingerprint density at radius 2 is 1.50 bits per heavy atom. The first-order valence-electron chi connectivity index (χ1n) is 5.90. The van der Waals surface area contributed by atoms with E-state index in [0.717, 1.165) is 0 Å². The molecule has 3 nitrogen and oxygen atoms in total. The zero-order chi connectivity index (χ0) is 15.0. The topological polar surface area (TPSA) is 32.3 Å². The molecule has 2 rings (SSSR count). The predicted molar refractivity (Wildman–Crippen MR) is 60.7 cm³/mol. The van der Waals surface area contributed by atoms with Gasteiger partial charge in [0.05, 0.1) is 6.04 Å². The van der Waals surface area contributed by atoms with Crippen molar-refractivity contribution in [2.45, 2.75) is 18.9 Å². The number of amides is 1. The van der Waals surface area contributed by atoms with E-state index in [1.165, 1.54) is 7.05 Å². The van der Waals surface area contributed by atoms with Crippen LogP contribution in [0, 0.1) is 29.1 Å². The van der Waals surface area contributed by atoms with Crippen LogP contribution in [0.5, 0.6) is 0 Å². The van der Waals surface area contributed by atoms with Crippen molar-refractivity contribution in [2.75, 3.05) is 18.5 Å². The van der Waals surface area contributed by atoms with Gasteiger partial charge in [-0.1, -0.05) is 0 Å². The SMILES string of the molecule is CNC1CCCN(c2c(F)c(F)c(F)c(F)c2F)C1=O. The van der Waals surface area contributed by atoms with E-state index in [4.69, 9.17) is 0 Å². The molecular weight excluding hydrogens is 283 g/mol. The highest BCUT2D eigenvalue weighted by atomic mass is 19.2. The maximum atomic E-state index is 13.7. The minimum atomic E-state index is -2.24. The van der Waals surface area contributed by atoms with Gasteiger partial charge in [0, 0.05) is 6.54 Å². The summed E-state index contributed by atoms with van der Waals surface area (Å²) in [6, 6.07) is -0.710. The molecule has 1 aromatic rings. The molecule has 1 heterocycles. The van der Waals surface area contributed by atoms with Crippen LogP contribution in [-0.2, 0) is 4.79 Å². The van der Waals surface area contributed by atoms with Gasteiger partial charge < -0.3 is 10.2 Å². The fourth-order valence-corrected chi connectivity index (χ4v) is 2.20. The van der Waals surface area contributed by atoms with Crippen molar-refractivity contribution in [3.63, 3.8) is 0 Å². The van der Waals surface area contributed by atoms with E-state index in [0.29, 0.717) is 17.7 Å². The summed E-state index contributed by atoms with van der Waals surface area (Å²) in [4.78, 5) is 12.6. The minimum Gasteiger partial charge on any atom is -0.309 e. The van der Waals surface area contributed by atoms with Crippen LogP contribution in [0.15, 0.2) is 0 Å². The van der Waals surface area contributed by atoms with Crippen LogP contribution in [0.2, 0.25) is 0 Å². The molecule has 8 heteroatoms. The van der Waals surface area contributed by atoms with E-state index in [9.17, 15) is 26.7 Å². The number of nitrogens with zero attached hydrogens (tertiary/aromatic N) is 1. The van der Waals surface area contributed by atoms with Crippen LogP contribution in [0.25, 0.3) is 0 Å². The lowest BCUT2D eigenvalue weighted by molar-refractivity contribution is -0.121. The van der Waals surface area contributed by atoms with Gasteiger partial charge in [-0.05, 0) is 19.9 Å². The normalized spacial score (nSPS) is 19.6. The lowest BCUT2D eigenvalue weighted by atomic mass is 10.0. The third kappa shape index (κ3) is 2.13. The Balaban J connectivity index is 2.55. The molecule has 1 atom stereocenters. The number of anilines is 1. The van der Waals surface area contributed by atoms with Crippen molar-refractivity contribution in [2.24, 2.45) is 0 Å². The summed E-state index contributed by atoms with van der Waals surface area (Å²) in [6.07, 6.45) is 0.817. The summed E-state index contributed by atoms with van der Waals surface area (Å²) in [6.45, 7) is -0.102. The van der Waals surface area contributed by atoms with Crippen LogP contribution in [0.4, 0.5) is 27.6 Å². The molecule has 20 heavy (non-hydrogen) atoms. The quantitative estimate of drug-likeness (QED) is 0.515. The zero-order valence-electron chi connectivity index (χ0n) is 10.4. The summed E-state index contributed by atoms with van der Waals surface area (Å²) in [5.74, 6) is -11.1. The Bertz CT molecular complexity index is 534. The minimum absolute atomic E-state index is 0.102. The Morgan fingerprint density at radius 3 is 2.00 bits per heavy atom. The van der Waals surface area contributed by atoms with Gasteiger partial charge in [-0.3, -0.25) is 4.79 Å². The Labute approximate surface area is 111 Å². The molecule has 1 aliphatic rings. The smallest absolute Gasteiger partial charge is 0.244 e. The largest absolute Gasteiger partial charge is 0.309 e. The third-order valence-corrected chi connectivity index (χ3v) is 3.24. The molecule has 1 fully saturated rings. The summed E-state index contributed by atoms with van der Waals surface area (Å²) < 4.78 is 66.6. The number of hydrogen-bond acceptors (Lipinski definition) is 2. The molecule has 0 aliphatic carbocycles. The highest BCUT2D eigenvalue weighted by Gasteiger charge is 2.35. The molecule has 110 valence electrons. The lowest BCUT2D eigenvalue weighted by Crippen LogP contribution is -2.50. The van der Waals surface area contributed by atoms with Gasteiger partial charge in [0.1, 0.15) is 5.69 Å². The fourth-order valence-electron chi connectivity index (χ4n) is 2.20. The van der Waals surface area contributed by atoms with E-state index in [1.54, 1.807) is 0 Å². The first-order chi connectivity index (χ1) is 9.40. The lowest BCUT2D eigenvalue weighted by Gasteiger charge is -2.32. The van der Waals surface area contributed by atoms with Crippen molar-refractivity contribution in [1.29, 1.82) is 0 Å². The summed E-state index contributed by atoms with van der Waals surface area (Å²) in [5, 5.41) is 2.64. The van der Waals surface area contributed by atoms with Gasteiger partial charge in [0.25, 0.3) is 0 Å². The zero-order valence-corrected chi connectivity index (χ0v) is 10.4. The Hall–Kier alpha value is -1.70. The van der Waals surface area contributed by atoms with E-state index in [2.05, 4.69) is 5.32 Å². The van der Waals surface area contributed by atoms with Crippen molar-refractivity contribution in [3.05, 3.63) is 29.1 Å². The third-order valence-electron chi connectivity index (χ3n) is 3.24. The van der Waals surface area contributed by atoms with Gasteiger partial charge in [-0.2, -0.15) is 0 Å². The van der Waals surface area contributed by atoms with Crippen LogP contribution in [0.3, 0.4) is 0 Å². The predicted octanol–water partition coefficient (Wildman–Crippen LogP) is 2.10. The van der Waals surface area contributed by atoms with Crippen LogP contribution < -0.4 is 10.2 Å². The first-order valence-corrected chi connectivity index (χ1v) is 5.90. The van der Waals surface area contributed by atoms with Crippen LogP contribution in [-0.4, -0.2) is 25.5 Å². The van der Waals surface area contributed by atoms with E-state index in [1.807, 2.05) is 0 Å². The molecule has 1 N–H and O–H groups in total. The number of carbonyl (C=O) groups is 1. The number of nitrogens with one attached hydrogen (secondary N) is 1. The summed E-state index contributed by atoms with van der Waals surface area (Å²) in [5.41, 5.74) is -1.19. The molecule has 0 saturated carbocycles. The summed E-state index contributed by atoms with van der Waals surface area (Å²) >= 11 is 0. The average Bonchev–Trinajstić information content (AvgIpc) is 2.45. The number of piperidine rings is 1. The molecule has 1 saturated heterocycles. The number of halogens is 5. The highest BCUT2D eigenvalue weighted by Crippen LogP contribution is 2.32. The van der Waals surface area contributed by atoms with Crippen LogP contribution >= 0.6 is 0 Å². The van der Waals surface area contributed by atoms with E-state index >= 15 is 0 Å². The second-order valence-electron chi connectivity index (χ2n) is 4.39. The number of carbonyl (C=O) groups excluding carboxylic acids is 1.